The summed E-state index contributed by atoms with van der Waals surface area (Å²) < 4.78 is 47.4. The number of hydrogen-bond donors (Lipinski definition) is 1. The van der Waals surface area contributed by atoms with E-state index in [-0.39, 0.29) is 33.0 Å². The van der Waals surface area contributed by atoms with Gasteiger partial charge in [-0.25, -0.2) is 4.98 Å². The van der Waals surface area contributed by atoms with Gasteiger partial charge in [-0.1, -0.05) is 17.7 Å². The van der Waals surface area contributed by atoms with Gasteiger partial charge < -0.3 is 10.2 Å². The molecule has 0 spiro atoms. The summed E-state index contributed by atoms with van der Waals surface area (Å²) in [6.07, 6.45) is -1.54. The fraction of sp³-hybridized carbons (Fsp3) is 0.0455. The number of carbonyl (C=O) groups is 1. The number of nitrogens with zero attached hydrogens (tertiary/aromatic N) is 2. The Labute approximate surface area is 177 Å². The molecule has 9 heteroatoms. The summed E-state index contributed by atoms with van der Waals surface area (Å²) in [5, 5.41) is 1.90. The number of carbonyl (C=O) groups excluding carboxylic acids is 1. The molecule has 2 aromatic carbocycles. The second-order valence-electron chi connectivity index (χ2n) is 6.90. The van der Waals surface area contributed by atoms with Crippen molar-refractivity contribution < 1.29 is 22.4 Å². The quantitative estimate of drug-likeness (QED) is 0.366. The number of hydrogen-bond acceptors (Lipinski definition) is 4. The number of aromatic nitrogens is 2. The normalized spacial score (nSPS) is 12.1. The van der Waals surface area contributed by atoms with Gasteiger partial charge in [0, 0.05) is 39.9 Å². The van der Waals surface area contributed by atoms with Crippen molar-refractivity contribution in [3.8, 4) is 11.1 Å². The van der Waals surface area contributed by atoms with Crippen LogP contribution in [-0.2, 0) is 6.18 Å². The fourth-order valence-electron chi connectivity index (χ4n) is 3.75. The Morgan fingerprint density at radius 2 is 1.94 bits per heavy atom. The van der Waals surface area contributed by atoms with Gasteiger partial charge in [0.1, 0.15) is 5.58 Å². The van der Waals surface area contributed by atoms with Gasteiger partial charge in [-0.2, -0.15) is 13.2 Å². The largest absolute Gasteiger partial charge is 0.437 e. The summed E-state index contributed by atoms with van der Waals surface area (Å²) in [6.45, 7) is 0. The minimum absolute atomic E-state index is 0.0429. The number of halogens is 4. The third-order valence-corrected chi connectivity index (χ3v) is 5.37. The zero-order valence-corrected chi connectivity index (χ0v) is 16.3. The van der Waals surface area contributed by atoms with E-state index in [9.17, 15) is 18.0 Å². The zero-order chi connectivity index (χ0) is 21.9. The summed E-state index contributed by atoms with van der Waals surface area (Å²) in [5.41, 5.74) is 4.68. The molecule has 5 rings (SSSR count). The Hall–Kier alpha value is -3.65. The lowest BCUT2D eigenvalue weighted by atomic mass is 9.92. The molecule has 2 N–H and O–H groups in total. The number of benzene rings is 2. The number of fused-ring (bicyclic) bond motifs is 4. The minimum atomic E-state index is -4.72. The highest BCUT2D eigenvalue weighted by atomic mass is 35.5. The van der Waals surface area contributed by atoms with Crippen molar-refractivity contribution in [3.05, 3.63) is 71.0 Å². The minimum Gasteiger partial charge on any atom is -0.437 e. The molecule has 0 aliphatic rings. The highest BCUT2D eigenvalue weighted by Crippen LogP contribution is 2.45. The summed E-state index contributed by atoms with van der Waals surface area (Å²) >= 11 is 6.40. The average molecular weight is 442 g/mol. The molecule has 1 amide bonds. The van der Waals surface area contributed by atoms with E-state index >= 15 is 0 Å². The second kappa shape index (κ2) is 6.68. The van der Waals surface area contributed by atoms with Crippen LogP contribution in [0.3, 0.4) is 0 Å². The van der Waals surface area contributed by atoms with E-state index in [4.69, 9.17) is 21.8 Å². The van der Waals surface area contributed by atoms with Crippen molar-refractivity contribution in [1.29, 1.82) is 0 Å². The zero-order valence-electron chi connectivity index (χ0n) is 15.5. The van der Waals surface area contributed by atoms with Crippen LogP contribution < -0.4 is 5.73 Å². The Morgan fingerprint density at radius 3 is 2.68 bits per heavy atom. The first kappa shape index (κ1) is 19.3. The van der Waals surface area contributed by atoms with Gasteiger partial charge in [-0.05, 0) is 36.4 Å². The second-order valence-corrected chi connectivity index (χ2v) is 7.31. The molecule has 0 aliphatic heterocycles. The molecule has 31 heavy (non-hydrogen) atoms. The molecular formula is C22H11ClF3N3O2. The number of furan rings is 1. The van der Waals surface area contributed by atoms with Gasteiger partial charge in [0.2, 0.25) is 11.6 Å². The van der Waals surface area contributed by atoms with Gasteiger partial charge in [0.25, 0.3) is 0 Å². The number of rotatable bonds is 2. The summed E-state index contributed by atoms with van der Waals surface area (Å²) in [5.74, 6) is -0.991. The number of pyridine rings is 2. The molecule has 0 fully saturated rings. The van der Waals surface area contributed by atoms with E-state index < -0.39 is 17.6 Å². The van der Waals surface area contributed by atoms with E-state index in [1.807, 2.05) is 0 Å². The highest BCUT2D eigenvalue weighted by molar-refractivity contribution is 6.38. The maximum atomic E-state index is 13.8. The Bertz CT molecular complexity index is 1530. The van der Waals surface area contributed by atoms with Crippen LogP contribution in [0, 0.1) is 0 Å². The van der Waals surface area contributed by atoms with Crippen LogP contribution in [0.25, 0.3) is 44.1 Å². The van der Waals surface area contributed by atoms with Crippen molar-refractivity contribution in [2.75, 3.05) is 0 Å². The predicted octanol–water partition coefficient (Wildman–Crippen LogP) is 5.97. The molecule has 0 saturated heterocycles. The molecule has 5 aromatic rings. The first-order valence-corrected chi connectivity index (χ1v) is 9.39. The number of amides is 1. The Morgan fingerprint density at radius 1 is 1.13 bits per heavy atom. The molecular weight excluding hydrogens is 431 g/mol. The SMILES string of the molecule is NC(=O)c1cccc(C(F)(F)F)c1-c1ccc(Cl)c2c1oc1nc3ccncc3cc12. The number of nitrogens with two attached hydrogens (primary N) is 1. The molecule has 154 valence electrons. The lowest BCUT2D eigenvalue weighted by Gasteiger charge is -2.16. The van der Waals surface area contributed by atoms with E-state index in [2.05, 4.69) is 9.97 Å². The molecule has 0 bridgehead atoms. The highest BCUT2D eigenvalue weighted by Gasteiger charge is 2.36. The molecule has 3 heterocycles. The Balaban J connectivity index is 1.95. The summed E-state index contributed by atoms with van der Waals surface area (Å²) in [7, 11) is 0. The van der Waals surface area contributed by atoms with Crippen molar-refractivity contribution in [1.82, 2.24) is 9.97 Å². The third-order valence-electron chi connectivity index (χ3n) is 5.06. The van der Waals surface area contributed by atoms with Crippen LogP contribution in [-0.4, -0.2) is 15.9 Å². The van der Waals surface area contributed by atoms with E-state index in [1.165, 1.54) is 18.2 Å². The van der Waals surface area contributed by atoms with Crippen molar-refractivity contribution in [2.24, 2.45) is 5.73 Å². The van der Waals surface area contributed by atoms with Gasteiger partial charge in [0.15, 0.2) is 0 Å². The fourth-order valence-corrected chi connectivity index (χ4v) is 4.00. The lowest BCUT2D eigenvalue weighted by molar-refractivity contribution is -0.137. The third kappa shape index (κ3) is 2.98. The topological polar surface area (TPSA) is 82.0 Å². The van der Waals surface area contributed by atoms with Crippen LogP contribution in [0.2, 0.25) is 5.02 Å². The first-order valence-electron chi connectivity index (χ1n) is 9.01. The lowest BCUT2D eigenvalue weighted by Crippen LogP contribution is -2.16. The van der Waals surface area contributed by atoms with Crippen LogP contribution in [0.1, 0.15) is 15.9 Å². The molecule has 0 radical (unpaired) electrons. The van der Waals surface area contributed by atoms with Crippen LogP contribution in [0.15, 0.2) is 59.3 Å². The van der Waals surface area contributed by atoms with Crippen LogP contribution >= 0.6 is 11.6 Å². The van der Waals surface area contributed by atoms with Crippen molar-refractivity contribution in [2.45, 2.75) is 6.18 Å². The van der Waals surface area contributed by atoms with E-state index in [0.717, 1.165) is 12.1 Å². The molecule has 0 atom stereocenters. The maximum Gasteiger partial charge on any atom is 0.417 e. The van der Waals surface area contributed by atoms with Gasteiger partial charge in [-0.3, -0.25) is 9.78 Å². The smallest absolute Gasteiger partial charge is 0.417 e. The van der Waals surface area contributed by atoms with E-state index in [0.29, 0.717) is 21.7 Å². The number of primary amides is 1. The van der Waals surface area contributed by atoms with Crippen LogP contribution in [0.4, 0.5) is 13.2 Å². The molecule has 5 nitrogen and oxygen atoms in total. The van der Waals surface area contributed by atoms with Gasteiger partial charge >= 0.3 is 6.18 Å². The standard InChI is InChI=1S/C22H11ClF3N3O2/c23-15-5-4-11(17-12(20(27)30)2-1-3-14(17)22(24,25)26)19-18(15)13-8-10-9-28-7-6-16(10)29-21(13)31-19/h1-9H,(H2,27,30). The van der Waals surface area contributed by atoms with Crippen molar-refractivity contribution >= 4 is 50.5 Å². The number of alkyl halides is 3. The van der Waals surface area contributed by atoms with Gasteiger partial charge in [0.05, 0.1) is 21.5 Å². The molecule has 0 aliphatic carbocycles. The molecule has 0 unspecified atom stereocenters. The monoisotopic (exact) mass is 441 g/mol. The summed E-state index contributed by atoms with van der Waals surface area (Å²) in [4.78, 5) is 20.5. The van der Waals surface area contributed by atoms with Crippen molar-refractivity contribution in [3.63, 3.8) is 0 Å². The predicted molar refractivity (Wildman–Crippen MR) is 111 cm³/mol. The maximum absolute atomic E-state index is 13.8. The average Bonchev–Trinajstić information content (AvgIpc) is 3.10. The van der Waals surface area contributed by atoms with Crippen LogP contribution in [0.5, 0.6) is 0 Å². The first-order chi connectivity index (χ1) is 14.8. The molecule has 0 saturated carbocycles. The summed E-state index contributed by atoms with van der Waals surface area (Å²) in [6, 6.07) is 9.56. The Kier molecular flexibility index (Phi) is 4.16. The van der Waals surface area contributed by atoms with E-state index in [1.54, 1.807) is 24.5 Å². The van der Waals surface area contributed by atoms with Gasteiger partial charge in [-0.15, -0.1) is 0 Å². The molecule has 3 aromatic heterocycles.